The third kappa shape index (κ3) is 4.57. The predicted molar refractivity (Wildman–Crippen MR) is 143 cm³/mol. The highest BCUT2D eigenvalue weighted by Crippen LogP contribution is 2.32. The molecule has 0 saturated heterocycles. The van der Waals surface area contributed by atoms with Gasteiger partial charge in [0.05, 0.1) is 11.5 Å². The molecular formula is C30H27NO3S. The Hall–Kier alpha value is -3.54. The average molecular weight is 482 g/mol. The van der Waals surface area contributed by atoms with Gasteiger partial charge in [0, 0.05) is 52.5 Å². The Kier molecular flexibility index (Phi) is 6.62. The van der Waals surface area contributed by atoms with Crippen molar-refractivity contribution >= 4 is 44.7 Å². The maximum absolute atomic E-state index is 13.2. The summed E-state index contributed by atoms with van der Waals surface area (Å²) < 4.78 is 7.85. The van der Waals surface area contributed by atoms with Crippen LogP contribution in [-0.2, 0) is 17.7 Å². The van der Waals surface area contributed by atoms with Crippen LogP contribution in [0.4, 0.5) is 0 Å². The van der Waals surface area contributed by atoms with Gasteiger partial charge in [-0.1, -0.05) is 30.3 Å². The van der Waals surface area contributed by atoms with Crippen LogP contribution in [0.2, 0.25) is 0 Å². The number of hydrogen-bond acceptors (Lipinski definition) is 4. The molecule has 0 bridgehead atoms. The second kappa shape index (κ2) is 9.98. The van der Waals surface area contributed by atoms with Crippen molar-refractivity contribution in [3.8, 4) is 0 Å². The van der Waals surface area contributed by atoms with Crippen molar-refractivity contribution in [2.45, 2.75) is 26.8 Å². The van der Waals surface area contributed by atoms with Gasteiger partial charge in [-0.3, -0.25) is 9.59 Å². The minimum atomic E-state index is 0.0175. The lowest BCUT2D eigenvalue weighted by atomic mass is 9.98. The summed E-state index contributed by atoms with van der Waals surface area (Å²) in [5, 5.41) is 3.87. The first-order valence-corrected chi connectivity index (χ1v) is 12.7. The van der Waals surface area contributed by atoms with E-state index in [9.17, 15) is 9.59 Å². The lowest BCUT2D eigenvalue weighted by Crippen LogP contribution is -2.06. The van der Waals surface area contributed by atoms with E-state index in [1.54, 1.807) is 0 Å². The fourth-order valence-corrected chi connectivity index (χ4v) is 5.28. The summed E-state index contributed by atoms with van der Waals surface area (Å²) in [4.78, 5) is 27.0. The molecule has 0 fully saturated rings. The second-order valence-corrected chi connectivity index (χ2v) is 9.59. The van der Waals surface area contributed by atoms with Crippen LogP contribution in [-0.4, -0.2) is 29.3 Å². The topological polar surface area (TPSA) is 48.3 Å². The number of aromatic nitrogens is 1. The van der Waals surface area contributed by atoms with Crippen molar-refractivity contribution in [3.63, 3.8) is 0 Å². The van der Waals surface area contributed by atoms with Gasteiger partial charge in [-0.25, -0.2) is 0 Å². The number of nitrogens with zero attached hydrogens (tertiary/aromatic N) is 1. The van der Waals surface area contributed by atoms with Crippen molar-refractivity contribution in [1.82, 2.24) is 4.57 Å². The van der Waals surface area contributed by atoms with Gasteiger partial charge in [-0.15, -0.1) is 11.3 Å². The molecule has 176 valence electrons. The van der Waals surface area contributed by atoms with Crippen molar-refractivity contribution in [3.05, 3.63) is 105 Å². The standard InChI is InChI=1S/C30H27NO3S/c1-3-34-15-14-31-26-12-10-22(28(32)19-21-8-5-4-7-20(21)2)17-24(26)25-18-23(11-13-27(25)31)30(33)29-9-6-16-35-29/h4-13,16-18H,3,14-15,19H2,1-2H3. The first-order valence-electron chi connectivity index (χ1n) is 11.9. The molecule has 0 aliphatic carbocycles. The van der Waals surface area contributed by atoms with Crippen LogP contribution in [0, 0.1) is 6.92 Å². The van der Waals surface area contributed by atoms with Gasteiger partial charge in [0.15, 0.2) is 5.78 Å². The van der Waals surface area contributed by atoms with E-state index >= 15 is 0 Å². The molecule has 0 N–H and O–H groups in total. The third-order valence-electron chi connectivity index (χ3n) is 6.47. The van der Waals surface area contributed by atoms with E-state index < -0.39 is 0 Å². The number of fused-ring (bicyclic) bond motifs is 3. The number of Topliss-reactive ketones (excluding diaryl/α,β-unsaturated/α-hetero) is 1. The predicted octanol–water partition coefficient (Wildman–Crippen LogP) is 6.86. The van der Waals surface area contributed by atoms with Crippen LogP contribution < -0.4 is 0 Å². The number of hydrogen-bond donors (Lipinski definition) is 0. The molecule has 5 heteroatoms. The zero-order valence-corrected chi connectivity index (χ0v) is 20.7. The van der Waals surface area contributed by atoms with E-state index in [2.05, 4.69) is 4.57 Å². The van der Waals surface area contributed by atoms with Crippen molar-refractivity contribution in [2.24, 2.45) is 0 Å². The molecule has 0 atom stereocenters. The molecule has 0 radical (unpaired) electrons. The minimum absolute atomic E-state index is 0.0175. The summed E-state index contributed by atoms with van der Waals surface area (Å²) in [5.41, 5.74) is 5.56. The van der Waals surface area contributed by atoms with Gasteiger partial charge < -0.3 is 9.30 Å². The summed E-state index contributed by atoms with van der Waals surface area (Å²) in [6.07, 6.45) is 0.364. The van der Waals surface area contributed by atoms with Gasteiger partial charge in [-0.05, 0) is 72.8 Å². The largest absolute Gasteiger partial charge is 0.380 e. The smallest absolute Gasteiger partial charge is 0.202 e. The van der Waals surface area contributed by atoms with Gasteiger partial charge in [0.2, 0.25) is 5.78 Å². The first-order chi connectivity index (χ1) is 17.1. The van der Waals surface area contributed by atoms with E-state index in [1.807, 2.05) is 92.0 Å². The molecule has 0 amide bonds. The number of aryl methyl sites for hydroxylation is 1. The molecule has 5 aromatic rings. The molecule has 0 aliphatic heterocycles. The van der Waals surface area contributed by atoms with Crippen molar-refractivity contribution < 1.29 is 14.3 Å². The second-order valence-electron chi connectivity index (χ2n) is 8.65. The molecule has 0 spiro atoms. The number of carbonyl (C=O) groups excluding carboxylic acids is 2. The van der Waals surface area contributed by atoms with Crippen LogP contribution in [0.5, 0.6) is 0 Å². The Morgan fingerprint density at radius 1 is 0.886 bits per heavy atom. The molecule has 2 aromatic heterocycles. The first kappa shape index (κ1) is 23.2. The molecule has 35 heavy (non-hydrogen) atoms. The number of ether oxygens (including phenoxy) is 1. The maximum atomic E-state index is 13.2. The van der Waals surface area contributed by atoms with E-state index in [-0.39, 0.29) is 11.6 Å². The molecule has 0 unspecified atom stereocenters. The zero-order chi connectivity index (χ0) is 24.4. The Morgan fingerprint density at radius 2 is 1.60 bits per heavy atom. The number of benzene rings is 3. The van der Waals surface area contributed by atoms with E-state index in [0.717, 1.165) is 37.8 Å². The van der Waals surface area contributed by atoms with Crippen LogP contribution in [0.1, 0.15) is 43.6 Å². The van der Waals surface area contributed by atoms with E-state index in [4.69, 9.17) is 4.74 Å². The highest BCUT2D eigenvalue weighted by Gasteiger charge is 2.17. The summed E-state index contributed by atoms with van der Waals surface area (Å²) in [6, 6.07) is 23.5. The van der Waals surface area contributed by atoms with Crippen LogP contribution in [0.3, 0.4) is 0 Å². The monoisotopic (exact) mass is 481 g/mol. The molecule has 0 aliphatic rings. The normalized spacial score (nSPS) is 11.4. The number of carbonyl (C=O) groups is 2. The fraction of sp³-hybridized carbons (Fsp3) is 0.200. The molecule has 2 heterocycles. The van der Waals surface area contributed by atoms with Crippen molar-refractivity contribution in [2.75, 3.05) is 13.2 Å². The van der Waals surface area contributed by atoms with Crippen LogP contribution >= 0.6 is 11.3 Å². The van der Waals surface area contributed by atoms with Crippen LogP contribution in [0.15, 0.2) is 78.2 Å². The molecular weight excluding hydrogens is 454 g/mol. The SMILES string of the molecule is CCOCCn1c2ccc(C(=O)Cc3ccccc3C)cc2c2cc(C(=O)c3cccs3)ccc21. The Morgan fingerprint density at radius 3 is 2.29 bits per heavy atom. The Bertz CT molecular complexity index is 1530. The summed E-state index contributed by atoms with van der Waals surface area (Å²) in [5.74, 6) is 0.103. The minimum Gasteiger partial charge on any atom is -0.380 e. The molecule has 0 saturated carbocycles. The highest BCUT2D eigenvalue weighted by atomic mass is 32.1. The van der Waals surface area contributed by atoms with E-state index in [1.165, 1.54) is 11.3 Å². The quantitative estimate of drug-likeness (QED) is 0.171. The fourth-order valence-electron chi connectivity index (χ4n) is 4.59. The van der Waals surface area contributed by atoms with Crippen molar-refractivity contribution in [1.29, 1.82) is 0 Å². The molecule has 5 rings (SSSR count). The molecule has 4 nitrogen and oxygen atoms in total. The number of thiophene rings is 1. The Labute approximate surface area is 208 Å². The summed E-state index contributed by atoms with van der Waals surface area (Å²) in [7, 11) is 0. The Balaban J connectivity index is 1.60. The summed E-state index contributed by atoms with van der Waals surface area (Å²) in [6.45, 7) is 5.97. The van der Waals surface area contributed by atoms with Gasteiger partial charge in [0.1, 0.15) is 0 Å². The van der Waals surface area contributed by atoms with Crippen LogP contribution in [0.25, 0.3) is 21.8 Å². The highest BCUT2D eigenvalue weighted by molar-refractivity contribution is 7.12. The summed E-state index contributed by atoms with van der Waals surface area (Å²) >= 11 is 1.45. The average Bonchev–Trinajstić information content (AvgIpc) is 3.52. The number of ketones is 2. The number of rotatable bonds is 9. The van der Waals surface area contributed by atoms with Gasteiger partial charge in [-0.2, -0.15) is 0 Å². The maximum Gasteiger partial charge on any atom is 0.202 e. The van der Waals surface area contributed by atoms with Gasteiger partial charge in [0.25, 0.3) is 0 Å². The lowest BCUT2D eigenvalue weighted by Gasteiger charge is -2.08. The third-order valence-corrected chi connectivity index (χ3v) is 7.34. The molecule has 3 aromatic carbocycles. The lowest BCUT2D eigenvalue weighted by molar-refractivity contribution is 0.0991. The van der Waals surface area contributed by atoms with E-state index in [0.29, 0.717) is 37.3 Å². The van der Waals surface area contributed by atoms with Gasteiger partial charge >= 0.3 is 0 Å². The zero-order valence-electron chi connectivity index (χ0n) is 19.9.